The lowest BCUT2D eigenvalue weighted by atomic mass is 9.82. The van der Waals surface area contributed by atoms with Crippen molar-refractivity contribution in [1.29, 1.82) is 0 Å². The molecule has 1 N–H and O–H groups in total. The first kappa shape index (κ1) is 30.6. The third-order valence-electron chi connectivity index (χ3n) is 8.63. The number of amides is 2. The highest BCUT2D eigenvalue weighted by atomic mass is 35.5. The van der Waals surface area contributed by atoms with Crippen LogP contribution in [-0.4, -0.2) is 102 Å². The predicted octanol–water partition coefficient (Wildman–Crippen LogP) is 5.35. The van der Waals surface area contributed by atoms with Crippen molar-refractivity contribution in [1.82, 2.24) is 19.6 Å². The molecule has 1 unspecified atom stereocenters. The van der Waals surface area contributed by atoms with Crippen molar-refractivity contribution in [3.8, 4) is 5.75 Å². The summed E-state index contributed by atoms with van der Waals surface area (Å²) in [6.07, 6.45) is 6.02. The molecular formula is C31H42Cl2N4O3. The Morgan fingerprint density at radius 1 is 0.950 bits per heavy atom. The molecule has 0 radical (unpaired) electrons. The maximum Gasteiger partial charge on any atom is 0.257 e. The van der Waals surface area contributed by atoms with Crippen LogP contribution in [0.2, 0.25) is 10.0 Å². The molecule has 40 heavy (non-hydrogen) atoms. The minimum atomic E-state index is -0.409. The van der Waals surface area contributed by atoms with E-state index in [1.54, 1.807) is 41.1 Å². The first-order chi connectivity index (χ1) is 19.1. The van der Waals surface area contributed by atoms with Crippen LogP contribution in [0.5, 0.6) is 5.75 Å². The number of likely N-dealkylation sites (tertiary alicyclic amines) is 2. The number of likely N-dealkylation sites (N-methyl/N-ethyl adjacent to an activating group) is 2. The normalized spacial score (nSPS) is 18.7. The monoisotopic (exact) mass is 588 g/mol. The summed E-state index contributed by atoms with van der Waals surface area (Å²) in [5.41, 5.74) is 0.899. The average Bonchev–Trinajstić information content (AvgIpc) is 2.96. The topological polar surface area (TPSA) is 67.3 Å². The lowest BCUT2D eigenvalue weighted by Gasteiger charge is -2.50. The van der Waals surface area contributed by atoms with Crippen LogP contribution < -0.4 is 0 Å². The molecular weight excluding hydrogens is 547 g/mol. The van der Waals surface area contributed by atoms with Crippen LogP contribution in [0.15, 0.2) is 42.5 Å². The summed E-state index contributed by atoms with van der Waals surface area (Å²) in [6.45, 7) is 5.02. The molecule has 0 bridgehead atoms. The lowest BCUT2D eigenvalue weighted by molar-refractivity contribution is -0.147. The molecule has 1 atom stereocenters. The van der Waals surface area contributed by atoms with Crippen molar-refractivity contribution in [3.05, 3.63) is 63.6 Å². The number of para-hydroxylation sites is 1. The van der Waals surface area contributed by atoms with Crippen molar-refractivity contribution < 1.29 is 14.7 Å². The number of nitrogens with zero attached hydrogens (tertiary/aromatic N) is 4. The molecule has 2 heterocycles. The minimum absolute atomic E-state index is 0.0201. The largest absolute Gasteiger partial charge is 0.507 e. The standard InChI is InChI=1S/C31H42Cl2N4O3/c1-34(2)30(40)31(37-16-7-4-8-17-37)14-19-36(20-15-31)18-13-24(23-11-12-26(32)27(33)21-23)22-35(3)29(39)25-9-5-6-10-28(25)38/h5-6,9-12,21,24,38H,4,7-8,13-20,22H2,1-3H3. The quantitative estimate of drug-likeness (QED) is 0.427. The summed E-state index contributed by atoms with van der Waals surface area (Å²) in [4.78, 5) is 34.9. The predicted molar refractivity (Wildman–Crippen MR) is 161 cm³/mol. The average molecular weight is 590 g/mol. The number of phenols is 1. The van der Waals surface area contributed by atoms with Gasteiger partial charge in [-0.2, -0.15) is 0 Å². The van der Waals surface area contributed by atoms with Gasteiger partial charge in [0.15, 0.2) is 0 Å². The van der Waals surface area contributed by atoms with Crippen molar-refractivity contribution >= 4 is 35.0 Å². The maximum atomic E-state index is 13.4. The minimum Gasteiger partial charge on any atom is -0.507 e. The fourth-order valence-corrected chi connectivity index (χ4v) is 6.60. The molecule has 2 aromatic carbocycles. The third kappa shape index (κ3) is 6.93. The molecule has 0 aliphatic carbocycles. The molecule has 2 amide bonds. The zero-order valence-electron chi connectivity index (χ0n) is 23.9. The second-order valence-corrected chi connectivity index (χ2v) is 12.3. The van der Waals surface area contributed by atoms with E-state index in [0.29, 0.717) is 16.6 Å². The Kier molecular flexibility index (Phi) is 10.4. The van der Waals surface area contributed by atoms with E-state index in [4.69, 9.17) is 23.2 Å². The highest BCUT2D eigenvalue weighted by Crippen LogP contribution is 2.34. The van der Waals surface area contributed by atoms with Gasteiger partial charge in [-0.3, -0.25) is 14.5 Å². The number of carbonyl (C=O) groups is 2. The Bertz CT molecular complexity index is 1180. The smallest absolute Gasteiger partial charge is 0.257 e. The van der Waals surface area contributed by atoms with Gasteiger partial charge in [-0.15, -0.1) is 0 Å². The van der Waals surface area contributed by atoms with Crippen molar-refractivity contribution in [2.75, 3.05) is 60.4 Å². The highest BCUT2D eigenvalue weighted by Gasteiger charge is 2.47. The van der Waals surface area contributed by atoms with Crippen molar-refractivity contribution in [2.45, 2.75) is 50.0 Å². The Labute approximate surface area is 248 Å². The zero-order valence-corrected chi connectivity index (χ0v) is 25.4. The second-order valence-electron chi connectivity index (χ2n) is 11.5. The number of halogens is 2. The molecule has 0 spiro atoms. The van der Waals surface area contributed by atoms with Crippen LogP contribution in [0.25, 0.3) is 0 Å². The van der Waals surface area contributed by atoms with Gasteiger partial charge in [0.05, 0.1) is 15.6 Å². The molecule has 0 aromatic heterocycles. The molecule has 2 aliphatic heterocycles. The zero-order chi connectivity index (χ0) is 28.9. The van der Waals surface area contributed by atoms with Crippen LogP contribution in [0.1, 0.15) is 60.4 Å². The van der Waals surface area contributed by atoms with Gasteiger partial charge in [0.25, 0.3) is 5.91 Å². The number of aromatic hydroxyl groups is 1. The van der Waals surface area contributed by atoms with Gasteiger partial charge >= 0.3 is 0 Å². The fraction of sp³-hybridized carbons (Fsp3) is 0.548. The number of rotatable bonds is 9. The highest BCUT2D eigenvalue weighted by molar-refractivity contribution is 6.42. The third-order valence-corrected chi connectivity index (χ3v) is 9.37. The van der Waals surface area contributed by atoms with Gasteiger partial charge in [-0.1, -0.05) is 47.8 Å². The molecule has 4 rings (SSSR count). The van der Waals surface area contributed by atoms with Gasteiger partial charge in [-0.05, 0) is 81.6 Å². The van der Waals surface area contributed by atoms with Gasteiger partial charge in [-0.25, -0.2) is 0 Å². The van der Waals surface area contributed by atoms with Gasteiger partial charge in [0.1, 0.15) is 11.3 Å². The van der Waals surface area contributed by atoms with Gasteiger partial charge < -0.3 is 19.8 Å². The number of piperidine rings is 2. The van der Waals surface area contributed by atoms with E-state index in [-0.39, 0.29) is 29.0 Å². The van der Waals surface area contributed by atoms with E-state index in [2.05, 4.69) is 9.80 Å². The van der Waals surface area contributed by atoms with E-state index < -0.39 is 5.54 Å². The molecule has 9 heteroatoms. The number of benzene rings is 2. The lowest BCUT2D eigenvalue weighted by Crippen LogP contribution is -2.64. The van der Waals surface area contributed by atoms with Gasteiger partial charge in [0.2, 0.25) is 5.91 Å². The van der Waals surface area contributed by atoms with Crippen molar-refractivity contribution in [3.63, 3.8) is 0 Å². The Balaban J connectivity index is 1.46. The molecule has 2 saturated heterocycles. The first-order valence-corrected chi connectivity index (χ1v) is 15.1. The molecule has 2 aliphatic rings. The SMILES string of the molecule is CN(C)C(=O)C1(N2CCCCC2)CCN(CCC(CN(C)C(=O)c2ccccc2O)c2ccc(Cl)c(Cl)c2)CC1. The van der Waals surface area contributed by atoms with E-state index in [1.807, 2.05) is 26.2 Å². The number of phenolic OH excluding ortho intramolecular Hbond substituents is 1. The van der Waals surface area contributed by atoms with Crippen LogP contribution in [0.3, 0.4) is 0 Å². The number of hydrogen-bond donors (Lipinski definition) is 1. The van der Waals surface area contributed by atoms with Crippen LogP contribution >= 0.6 is 23.2 Å². The summed E-state index contributed by atoms with van der Waals surface area (Å²) in [7, 11) is 5.50. The molecule has 2 aromatic rings. The van der Waals surface area contributed by atoms with E-state index >= 15 is 0 Å². The molecule has 218 valence electrons. The summed E-state index contributed by atoms with van der Waals surface area (Å²) in [5.74, 6) is -0.00310. The second kappa shape index (κ2) is 13.6. The van der Waals surface area contributed by atoms with E-state index in [9.17, 15) is 14.7 Å². The van der Waals surface area contributed by atoms with E-state index in [0.717, 1.165) is 70.4 Å². The number of carbonyl (C=O) groups excluding carboxylic acids is 2. The number of hydrogen-bond acceptors (Lipinski definition) is 5. The van der Waals surface area contributed by atoms with Crippen LogP contribution in [0, 0.1) is 0 Å². The van der Waals surface area contributed by atoms with Gasteiger partial charge in [0, 0.05) is 46.7 Å². The van der Waals surface area contributed by atoms with E-state index in [1.165, 1.54) is 12.5 Å². The van der Waals surface area contributed by atoms with Crippen molar-refractivity contribution in [2.24, 2.45) is 0 Å². The molecule has 2 fully saturated rings. The van der Waals surface area contributed by atoms with Crippen LogP contribution in [0.4, 0.5) is 0 Å². The summed E-state index contributed by atoms with van der Waals surface area (Å²) in [6, 6.07) is 12.3. The summed E-state index contributed by atoms with van der Waals surface area (Å²) >= 11 is 12.6. The first-order valence-electron chi connectivity index (χ1n) is 14.3. The van der Waals surface area contributed by atoms with Crippen LogP contribution in [-0.2, 0) is 4.79 Å². The maximum absolute atomic E-state index is 13.4. The summed E-state index contributed by atoms with van der Waals surface area (Å²) in [5, 5.41) is 11.2. The Hall–Kier alpha value is -2.32. The molecule has 0 saturated carbocycles. The molecule has 7 nitrogen and oxygen atoms in total. The summed E-state index contributed by atoms with van der Waals surface area (Å²) < 4.78 is 0. The fourth-order valence-electron chi connectivity index (χ4n) is 6.29. The Morgan fingerprint density at radius 2 is 1.62 bits per heavy atom. The Morgan fingerprint density at radius 3 is 2.25 bits per heavy atom.